The van der Waals surface area contributed by atoms with Gasteiger partial charge >= 0.3 is 0 Å². The third-order valence-electron chi connectivity index (χ3n) is 2.89. The van der Waals surface area contributed by atoms with E-state index in [2.05, 4.69) is 18.8 Å². The molecule has 0 radical (unpaired) electrons. The molecule has 2 N–H and O–H groups in total. The highest BCUT2D eigenvalue weighted by Gasteiger charge is 2.07. The molecule has 1 atom stereocenters. The lowest BCUT2D eigenvalue weighted by atomic mass is 9.94. The summed E-state index contributed by atoms with van der Waals surface area (Å²) in [4.78, 5) is 4.35. The van der Waals surface area contributed by atoms with Gasteiger partial charge in [0, 0.05) is 5.69 Å². The molecule has 2 heteroatoms. The smallest absolute Gasteiger partial charge is 0.0501 e. The highest BCUT2D eigenvalue weighted by molar-refractivity contribution is 5.34. The molecule has 0 saturated carbocycles. The largest absolute Gasteiger partial charge is 0.397 e. The normalized spacial score (nSPS) is 12.7. The maximum atomic E-state index is 5.61. The molecule has 1 unspecified atom stereocenters. The van der Waals surface area contributed by atoms with E-state index in [9.17, 15) is 0 Å². The number of nitrogens with zero attached hydrogens (tertiary/aromatic N) is 1. The van der Waals surface area contributed by atoms with Crippen LogP contribution in [-0.2, 0) is 6.42 Å². The first-order valence-electron chi connectivity index (χ1n) is 5.96. The Labute approximate surface area is 92.9 Å². The van der Waals surface area contributed by atoms with E-state index in [-0.39, 0.29) is 0 Å². The second kappa shape index (κ2) is 6.44. The topological polar surface area (TPSA) is 38.9 Å². The number of hydrogen-bond donors (Lipinski definition) is 1. The maximum Gasteiger partial charge on any atom is 0.0501 e. The van der Waals surface area contributed by atoms with Crippen LogP contribution in [0.25, 0.3) is 0 Å². The van der Waals surface area contributed by atoms with Gasteiger partial charge in [-0.25, -0.2) is 0 Å². The van der Waals surface area contributed by atoms with Crippen molar-refractivity contribution in [3.05, 3.63) is 24.0 Å². The third-order valence-corrected chi connectivity index (χ3v) is 2.89. The number of nitrogens with two attached hydrogens (primary N) is 1. The standard InChI is InChI=1S/C13H22N2/c1-3-5-6-11(4-2)9-13-8-7-12(14)10-15-13/h7-8,10-11H,3-6,9,14H2,1-2H3. The van der Waals surface area contributed by atoms with Gasteiger partial charge in [0.1, 0.15) is 0 Å². The number of unbranched alkanes of at least 4 members (excludes halogenated alkanes) is 1. The van der Waals surface area contributed by atoms with Crippen molar-refractivity contribution in [2.75, 3.05) is 5.73 Å². The minimum atomic E-state index is 0.750. The zero-order valence-corrected chi connectivity index (χ0v) is 9.87. The van der Waals surface area contributed by atoms with Crippen molar-refractivity contribution in [3.8, 4) is 0 Å². The van der Waals surface area contributed by atoms with Crippen LogP contribution in [0.4, 0.5) is 5.69 Å². The van der Waals surface area contributed by atoms with Crippen LogP contribution in [0.15, 0.2) is 18.3 Å². The molecule has 0 amide bonds. The fourth-order valence-corrected chi connectivity index (χ4v) is 1.80. The van der Waals surface area contributed by atoms with Crippen LogP contribution in [0.1, 0.15) is 45.2 Å². The van der Waals surface area contributed by atoms with Crippen LogP contribution < -0.4 is 5.73 Å². The van der Waals surface area contributed by atoms with Gasteiger partial charge in [-0.1, -0.05) is 39.5 Å². The van der Waals surface area contributed by atoms with Gasteiger partial charge in [0.25, 0.3) is 0 Å². The summed E-state index contributed by atoms with van der Waals surface area (Å²) < 4.78 is 0. The number of aromatic nitrogens is 1. The average Bonchev–Trinajstić information content (AvgIpc) is 2.27. The number of pyridine rings is 1. The van der Waals surface area contributed by atoms with Crippen molar-refractivity contribution in [2.45, 2.75) is 46.0 Å². The summed E-state index contributed by atoms with van der Waals surface area (Å²) in [7, 11) is 0. The molecular formula is C13H22N2. The van der Waals surface area contributed by atoms with E-state index in [4.69, 9.17) is 5.73 Å². The Morgan fingerprint density at radius 3 is 2.67 bits per heavy atom. The zero-order valence-electron chi connectivity index (χ0n) is 9.87. The van der Waals surface area contributed by atoms with Crippen molar-refractivity contribution in [1.29, 1.82) is 0 Å². The van der Waals surface area contributed by atoms with Crippen LogP contribution in [0, 0.1) is 5.92 Å². The lowest BCUT2D eigenvalue weighted by Gasteiger charge is -2.13. The van der Waals surface area contributed by atoms with Gasteiger partial charge in [-0.3, -0.25) is 4.98 Å². The summed E-state index contributed by atoms with van der Waals surface area (Å²) in [5, 5.41) is 0. The first-order valence-corrected chi connectivity index (χ1v) is 5.96. The van der Waals surface area contributed by atoms with Crippen molar-refractivity contribution >= 4 is 5.69 Å². The Morgan fingerprint density at radius 2 is 2.13 bits per heavy atom. The fourth-order valence-electron chi connectivity index (χ4n) is 1.80. The maximum absolute atomic E-state index is 5.61. The van der Waals surface area contributed by atoms with Gasteiger partial charge in [0.15, 0.2) is 0 Å². The van der Waals surface area contributed by atoms with Crippen molar-refractivity contribution in [3.63, 3.8) is 0 Å². The molecular weight excluding hydrogens is 184 g/mol. The predicted molar refractivity (Wildman–Crippen MR) is 65.7 cm³/mol. The molecule has 1 aromatic rings. The summed E-state index contributed by atoms with van der Waals surface area (Å²) in [5.41, 5.74) is 7.53. The van der Waals surface area contributed by atoms with Gasteiger partial charge in [0.2, 0.25) is 0 Å². The van der Waals surface area contributed by atoms with E-state index in [0.29, 0.717) is 0 Å². The van der Waals surface area contributed by atoms with Gasteiger partial charge in [-0.2, -0.15) is 0 Å². The Kier molecular flexibility index (Phi) is 5.16. The third kappa shape index (κ3) is 4.32. The predicted octanol–water partition coefficient (Wildman–Crippen LogP) is 3.42. The van der Waals surface area contributed by atoms with Gasteiger partial charge < -0.3 is 5.73 Å². The van der Waals surface area contributed by atoms with Crippen molar-refractivity contribution in [1.82, 2.24) is 4.98 Å². The fraction of sp³-hybridized carbons (Fsp3) is 0.615. The van der Waals surface area contributed by atoms with E-state index in [1.807, 2.05) is 12.1 Å². The summed E-state index contributed by atoms with van der Waals surface area (Å²) >= 11 is 0. The molecule has 0 aliphatic rings. The van der Waals surface area contributed by atoms with Crippen LogP contribution in [0.2, 0.25) is 0 Å². The van der Waals surface area contributed by atoms with Gasteiger partial charge in [-0.05, 0) is 24.5 Å². The van der Waals surface area contributed by atoms with Crippen molar-refractivity contribution < 1.29 is 0 Å². The lowest BCUT2D eigenvalue weighted by molar-refractivity contribution is 0.445. The highest BCUT2D eigenvalue weighted by Crippen LogP contribution is 2.17. The van der Waals surface area contributed by atoms with E-state index >= 15 is 0 Å². The van der Waals surface area contributed by atoms with Crippen LogP contribution in [0.5, 0.6) is 0 Å². The van der Waals surface area contributed by atoms with Crippen LogP contribution >= 0.6 is 0 Å². The first-order chi connectivity index (χ1) is 7.26. The molecule has 0 saturated heterocycles. The number of rotatable bonds is 6. The number of hydrogen-bond acceptors (Lipinski definition) is 2. The van der Waals surface area contributed by atoms with E-state index in [1.165, 1.54) is 31.4 Å². The second-order valence-electron chi connectivity index (χ2n) is 4.20. The van der Waals surface area contributed by atoms with Crippen LogP contribution in [-0.4, -0.2) is 4.98 Å². The number of nitrogen functional groups attached to an aromatic ring is 1. The molecule has 1 rings (SSSR count). The Balaban J connectivity index is 2.47. The summed E-state index contributed by atoms with van der Waals surface area (Å²) in [6, 6.07) is 3.98. The minimum absolute atomic E-state index is 0.750. The Morgan fingerprint density at radius 1 is 1.33 bits per heavy atom. The first kappa shape index (κ1) is 12.0. The molecule has 84 valence electrons. The van der Waals surface area contributed by atoms with Gasteiger partial charge in [0.05, 0.1) is 11.9 Å². The van der Waals surface area contributed by atoms with E-state index in [1.54, 1.807) is 6.20 Å². The highest BCUT2D eigenvalue weighted by atomic mass is 14.7. The average molecular weight is 206 g/mol. The second-order valence-corrected chi connectivity index (χ2v) is 4.20. The molecule has 0 spiro atoms. The SMILES string of the molecule is CCCCC(CC)Cc1ccc(N)cn1. The minimum Gasteiger partial charge on any atom is -0.397 e. The quantitative estimate of drug-likeness (QED) is 0.774. The molecule has 0 fully saturated rings. The lowest BCUT2D eigenvalue weighted by Crippen LogP contribution is -2.05. The summed E-state index contributed by atoms with van der Waals surface area (Å²) in [6.45, 7) is 4.51. The molecule has 0 bridgehead atoms. The monoisotopic (exact) mass is 206 g/mol. The molecule has 0 aliphatic carbocycles. The zero-order chi connectivity index (χ0) is 11.1. The number of anilines is 1. The summed E-state index contributed by atoms with van der Waals surface area (Å²) in [5.74, 6) is 0.779. The van der Waals surface area contributed by atoms with E-state index in [0.717, 1.165) is 18.0 Å². The molecule has 1 aromatic heterocycles. The summed E-state index contributed by atoms with van der Waals surface area (Å²) in [6.07, 6.45) is 8.02. The Hall–Kier alpha value is -1.05. The van der Waals surface area contributed by atoms with E-state index < -0.39 is 0 Å². The van der Waals surface area contributed by atoms with Gasteiger partial charge in [-0.15, -0.1) is 0 Å². The molecule has 0 aliphatic heterocycles. The molecule has 15 heavy (non-hydrogen) atoms. The molecule has 0 aromatic carbocycles. The molecule has 2 nitrogen and oxygen atoms in total. The van der Waals surface area contributed by atoms with Crippen molar-refractivity contribution in [2.24, 2.45) is 5.92 Å². The van der Waals surface area contributed by atoms with Crippen LogP contribution in [0.3, 0.4) is 0 Å². The molecule has 1 heterocycles. The Bertz CT molecular complexity index is 266.